The minimum Gasteiger partial charge on any atom is -0.394 e. The lowest BCUT2D eigenvalue weighted by Gasteiger charge is -2.48. The smallest absolute Gasteiger partial charge is 0.220 e. The van der Waals surface area contributed by atoms with E-state index in [4.69, 9.17) is 28.4 Å². The van der Waals surface area contributed by atoms with Crippen LogP contribution >= 0.6 is 0 Å². The van der Waals surface area contributed by atoms with Crippen LogP contribution in [0.25, 0.3) is 0 Å². The molecule has 3 aliphatic rings. The number of aliphatic hydroxyl groups excluding tert-OH is 11. The van der Waals surface area contributed by atoms with Gasteiger partial charge in [-0.3, -0.25) is 4.79 Å². The zero-order chi connectivity index (χ0) is 79.5. The molecule has 0 aromatic carbocycles. The number of unbranched alkanes of at least 4 members (excludes halogenated alkanes) is 41. The first-order chi connectivity index (χ1) is 53.8. The second kappa shape index (κ2) is 70.0. The maximum Gasteiger partial charge on any atom is 0.220 e. The van der Waals surface area contributed by atoms with E-state index in [1.807, 2.05) is 6.08 Å². The van der Waals surface area contributed by atoms with Crippen LogP contribution < -0.4 is 5.32 Å². The first kappa shape index (κ1) is 101. The predicted octanol–water partition coefficient (Wildman–Crippen LogP) is 16.7. The molecule has 17 unspecified atom stereocenters. The highest BCUT2D eigenvalue weighted by molar-refractivity contribution is 5.76. The Labute approximate surface area is 666 Å². The maximum absolute atomic E-state index is 13.5. The number of rotatable bonds is 71. The summed E-state index contributed by atoms with van der Waals surface area (Å²) in [6.45, 7) is 1.66. The normalized spacial score (nSPS) is 25.6. The molecule has 0 spiro atoms. The minimum atomic E-state index is -1.98. The number of hydrogen-bond donors (Lipinski definition) is 12. The third kappa shape index (κ3) is 48.3. The average molecular weight is 1560 g/mol. The second-order valence-corrected chi connectivity index (χ2v) is 31.3. The molecule has 12 N–H and O–H groups in total. The fourth-order valence-corrected chi connectivity index (χ4v) is 14.6. The molecule has 638 valence electrons. The quantitative estimate of drug-likeness (QED) is 0.0199. The summed E-state index contributed by atoms with van der Waals surface area (Å²) in [5, 5.41) is 121. The van der Waals surface area contributed by atoms with Gasteiger partial charge in [-0.25, -0.2) is 0 Å². The van der Waals surface area contributed by atoms with E-state index in [-0.39, 0.29) is 18.9 Å². The summed E-state index contributed by atoms with van der Waals surface area (Å²) >= 11 is 0. The van der Waals surface area contributed by atoms with Crippen LogP contribution in [0.2, 0.25) is 0 Å². The largest absolute Gasteiger partial charge is 0.394 e. The van der Waals surface area contributed by atoms with Crippen molar-refractivity contribution in [1.82, 2.24) is 5.32 Å². The van der Waals surface area contributed by atoms with E-state index in [1.165, 1.54) is 212 Å². The molecule has 110 heavy (non-hydrogen) atoms. The second-order valence-electron chi connectivity index (χ2n) is 31.3. The number of amides is 1. The molecule has 3 heterocycles. The lowest BCUT2D eigenvalue weighted by atomic mass is 9.96. The van der Waals surface area contributed by atoms with Crippen molar-refractivity contribution in [2.75, 3.05) is 26.4 Å². The van der Waals surface area contributed by atoms with Crippen LogP contribution in [-0.4, -0.2) is 193 Å². The summed E-state index contributed by atoms with van der Waals surface area (Å²) in [6, 6.07) is -0.983. The van der Waals surface area contributed by atoms with Crippen molar-refractivity contribution >= 4 is 5.91 Å². The van der Waals surface area contributed by atoms with Crippen molar-refractivity contribution in [2.24, 2.45) is 0 Å². The van der Waals surface area contributed by atoms with Crippen molar-refractivity contribution in [3.8, 4) is 0 Å². The summed E-state index contributed by atoms with van der Waals surface area (Å²) in [7, 11) is 0. The van der Waals surface area contributed by atoms with Gasteiger partial charge in [-0.1, -0.05) is 355 Å². The van der Waals surface area contributed by atoms with Gasteiger partial charge in [0.25, 0.3) is 0 Å². The van der Waals surface area contributed by atoms with Gasteiger partial charge in [0.1, 0.15) is 73.2 Å². The Balaban J connectivity index is 1.35. The van der Waals surface area contributed by atoms with Gasteiger partial charge in [0.05, 0.1) is 38.6 Å². The molecule has 0 aromatic rings. The molecule has 1 amide bonds. The third-order valence-electron chi connectivity index (χ3n) is 21.6. The monoisotopic (exact) mass is 1560 g/mol. The lowest BCUT2D eigenvalue weighted by Crippen LogP contribution is -2.66. The molecular formula is C91H161NO18. The average Bonchev–Trinajstić information content (AvgIpc) is 0.780. The fraction of sp³-hybridized carbons (Fsp3) is 0.813. The Morgan fingerprint density at radius 2 is 0.627 bits per heavy atom. The van der Waals surface area contributed by atoms with E-state index in [0.717, 1.165) is 103 Å². The molecular weight excluding hydrogens is 1390 g/mol. The Kier molecular flexibility index (Phi) is 64.2. The van der Waals surface area contributed by atoms with E-state index < -0.39 is 124 Å². The molecule has 19 heteroatoms. The molecule has 0 aliphatic carbocycles. The molecule has 0 aromatic heterocycles. The highest BCUT2D eigenvalue weighted by atomic mass is 16.8. The summed E-state index contributed by atoms with van der Waals surface area (Å²) in [4.78, 5) is 13.5. The van der Waals surface area contributed by atoms with E-state index in [9.17, 15) is 61.0 Å². The summed E-state index contributed by atoms with van der Waals surface area (Å²) in [5.74, 6) is -0.278. The molecule has 19 nitrogen and oxygen atoms in total. The Bertz CT molecular complexity index is 2360. The number of carbonyl (C=O) groups is 1. The van der Waals surface area contributed by atoms with E-state index in [0.29, 0.717) is 6.42 Å². The Hall–Kier alpha value is -3.29. The van der Waals surface area contributed by atoms with Gasteiger partial charge in [0.2, 0.25) is 5.91 Å². The summed E-state index contributed by atoms with van der Waals surface area (Å²) < 4.78 is 34.5. The van der Waals surface area contributed by atoms with Gasteiger partial charge in [0.15, 0.2) is 18.9 Å². The summed E-state index contributed by atoms with van der Waals surface area (Å²) in [5.41, 5.74) is 0. The number of carbonyl (C=O) groups excluding carboxylic acids is 1. The minimum absolute atomic E-state index is 0.235. The first-order valence-corrected chi connectivity index (χ1v) is 44.5. The van der Waals surface area contributed by atoms with E-state index in [2.05, 4.69) is 104 Å². The van der Waals surface area contributed by atoms with Gasteiger partial charge < -0.3 is 89.9 Å². The highest BCUT2D eigenvalue weighted by Gasteiger charge is 2.54. The van der Waals surface area contributed by atoms with Crippen molar-refractivity contribution in [3.05, 3.63) is 97.2 Å². The number of hydrogen-bond acceptors (Lipinski definition) is 18. The maximum atomic E-state index is 13.5. The third-order valence-corrected chi connectivity index (χ3v) is 21.6. The van der Waals surface area contributed by atoms with Crippen LogP contribution in [-0.2, 0) is 33.2 Å². The SMILES string of the molecule is CC/C=C\C/C=C\C/C=C\C/C=C\C/C=C\C/C=C\C/C=C\CCCCCCCCCCCCCC(=O)NC(COC1OC(CO)C(OC2OC(CO)C(OC3OC(CO)C(O)C(O)C3O)C(O)C2O)C(O)C1O)C(O)/C=C/CCCCCCCCCCCCCCCCCCCCCCCCCCCCCCCC. The van der Waals surface area contributed by atoms with Crippen LogP contribution in [0.15, 0.2) is 97.2 Å². The highest BCUT2D eigenvalue weighted by Crippen LogP contribution is 2.33. The predicted molar refractivity (Wildman–Crippen MR) is 443 cm³/mol. The topological polar surface area (TPSA) is 307 Å². The molecule has 3 rings (SSSR count). The molecule has 3 saturated heterocycles. The van der Waals surface area contributed by atoms with Crippen molar-refractivity contribution in [3.63, 3.8) is 0 Å². The van der Waals surface area contributed by atoms with Gasteiger partial charge >= 0.3 is 0 Å². The van der Waals surface area contributed by atoms with Crippen molar-refractivity contribution in [1.29, 1.82) is 0 Å². The van der Waals surface area contributed by atoms with Crippen molar-refractivity contribution in [2.45, 2.75) is 446 Å². The number of allylic oxidation sites excluding steroid dienone is 15. The molecule has 3 aliphatic heterocycles. The Morgan fingerprint density at radius 3 is 0.982 bits per heavy atom. The van der Waals surface area contributed by atoms with Gasteiger partial charge in [-0.15, -0.1) is 0 Å². The summed E-state index contributed by atoms with van der Waals surface area (Å²) in [6.07, 6.45) is 69.7. The molecule has 0 saturated carbocycles. The standard InChI is InChI=1S/C91H161NO18/c1-3-5-7-9-11-13-15-17-19-21-23-25-27-29-31-33-35-37-39-41-43-45-47-49-51-53-55-57-59-61-63-65-67-69-79(97)92-74(75(96)68-66-64-62-60-58-56-54-52-50-48-46-44-42-40-38-36-34-32-30-28-26-24-22-20-18-16-14-12-10-8-6-4-2)73-105-89-85(103)82(100)87(77(71-94)107-89)110-91-86(104)83(101)88(78(72-95)108-91)109-90-84(102)81(99)80(98)76(70-93)106-90/h5,7,11,13,17,19,23,25,29,31,35,37,41,43,66,68,74-78,80-91,93-96,98-104H,3-4,6,8-10,12,14-16,18,20-22,24,26-28,30,32-34,36,38-40,42,44-65,67,69-73H2,1-2H3,(H,92,97)/b7-5-,13-11-,19-17-,25-23-,31-29-,37-35-,43-41-,68-66+. The van der Waals surface area contributed by atoms with E-state index >= 15 is 0 Å². The zero-order valence-corrected chi connectivity index (χ0v) is 68.7. The fourth-order valence-electron chi connectivity index (χ4n) is 14.6. The van der Waals surface area contributed by atoms with Crippen LogP contribution in [0.4, 0.5) is 0 Å². The molecule has 0 bridgehead atoms. The molecule has 3 fully saturated rings. The number of ether oxygens (including phenoxy) is 6. The van der Waals surface area contributed by atoms with Crippen molar-refractivity contribution < 1.29 is 89.4 Å². The van der Waals surface area contributed by atoms with Crippen LogP contribution in [0.3, 0.4) is 0 Å². The number of nitrogens with one attached hydrogen (secondary N) is 1. The van der Waals surface area contributed by atoms with E-state index in [1.54, 1.807) is 6.08 Å². The molecule has 0 radical (unpaired) electrons. The zero-order valence-electron chi connectivity index (χ0n) is 68.7. The first-order valence-electron chi connectivity index (χ1n) is 44.5. The molecule has 17 atom stereocenters. The van der Waals surface area contributed by atoms with Crippen LogP contribution in [0.5, 0.6) is 0 Å². The van der Waals surface area contributed by atoms with Crippen LogP contribution in [0.1, 0.15) is 341 Å². The van der Waals surface area contributed by atoms with Crippen LogP contribution in [0, 0.1) is 0 Å². The van der Waals surface area contributed by atoms with Gasteiger partial charge in [-0.2, -0.15) is 0 Å². The Morgan fingerprint density at radius 1 is 0.336 bits per heavy atom. The number of aliphatic hydroxyl groups is 11. The lowest BCUT2D eigenvalue weighted by molar-refractivity contribution is -0.379. The van der Waals surface area contributed by atoms with Gasteiger partial charge in [0, 0.05) is 6.42 Å². The van der Waals surface area contributed by atoms with Gasteiger partial charge in [-0.05, 0) is 77.0 Å².